The van der Waals surface area contributed by atoms with Gasteiger partial charge in [0.1, 0.15) is 0 Å². The van der Waals surface area contributed by atoms with E-state index in [1.807, 2.05) is 54.8 Å². The van der Waals surface area contributed by atoms with Gasteiger partial charge in [-0.05, 0) is 49.2 Å². The van der Waals surface area contributed by atoms with E-state index in [0.717, 1.165) is 21.3 Å². The highest BCUT2D eigenvalue weighted by atomic mass is 79.9. The summed E-state index contributed by atoms with van der Waals surface area (Å²) in [4.78, 5) is 24.9. The molecule has 0 spiro atoms. The lowest BCUT2D eigenvalue weighted by Crippen LogP contribution is -2.25. The monoisotopic (exact) mass is 513 g/mol. The number of benzene rings is 2. The molecule has 0 radical (unpaired) electrons. The van der Waals surface area contributed by atoms with Crippen molar-refractivity contribution in [3.63, 3.8) is 0 Å². The zero-order valence-corrected chi connectivity index (χ0v) is 20.3. The van der Waals surface area contributed by atoms with Gasteiger partial charge in [-0.15, -0.1) is 16.8 Å². The SMILES string of the molecule is C=CCn1c(CNC(=O)c2ccccc2C)nnc1SCC(=O)Nc1ccc(Br)cc1C. The van der Waals surface area contributed by atoms with E-state index in [-0.39, 0.29) is 24.1 Å². The van der Waals surface area contributed by atoms with Gasteiger partial charge in [0.05, 0.1) is 12.3 Å². The number of nitrogens with one attached hydrogen (secondary N) is 2. The predicted octanol–water partition coefficient (Wildman–Crippen LogP) is 4.50. The number of allylic oxidation sites excluding steroid dienone is 1. The van der Waals surface area contributed by atoms with Crippen LogP contribution in [0, 0.1) is 13.8 Å². The van der Waals surface area contributed by atoms with Crippen LogP contribution in [0.3, 0.4) is 0 Å². The minimum absolute atomic E-state index is 0.136. The number of amides is 2. The Balaban J connectivity index is 1.62. The van der Waals surface area contributed by atoms with Crippen LogP contribution in [0.2, 0.25) is 0 Å². The number of thioether (sulfide) groups is 1. The second kappa shape index (κ2) is 11.1. The molecular weight excluding hydrogens is 490 g/mol. The first kappa shape index (κ1) is 23.7. The second-order valence-electron chi connectivity index (χ2n) is 7.09. The van der Waals surface area contributed by atoms with Gasteiger partial charge in [-0.1, -0.05) is 52.0 Å². The lowest BCUT2D eigenvalue weighted by atomic mass is 10.1. The minimum atomic E-state index is -0.172. The van der Waals surface area contributed by atoms with Gasteiger partial charge in [0.25, 0.3) is 5.91 Å². The van der Waals surface area contributed by atoms with Gasteiger partial charge >= 0.3 is 0 Å². The van der Waals surface area contributed by atoms with Crippen molar-refractivity contribution in [2.75, 3.05) is 11.1 Å². The summed E-state index contributed by atoms with van der Waals surface area (Å²) in [5.41, 5.74) is 3.27. The Bertz CT molecular complexity index is 1150. The predicted molar refractivity (Wildman–Crippen MR) is 131 cm³/mol. The zero-order chi connectivity index (χ0) is 23.1. The number of halogens is 1. The van der Waals surface area contributed by atoms with Crippen molar-refractivity contribution < 1.29 is 9.59 Å². The first-order chi connectivity index (χ1) is 15.4. The molecule has 0 saturated heterocycles. The molecule has 1 aromatic heterocycles. The van der Waals surface area contributed by atoms with Crippen LogP contribution in [-0.2, 0) is 17.9 Å². The first-order valence-corrected chi connectivity index (χ1v) is 11.7. The Morgan fingerprint density at radius 1 is 1.16 bits per heavy atom. The first-order valence-electron chi connectivity index (χ1n) is 9.94. The Labute approximate surface area is 199 Å². The molecule has 0 atom stereocenters. The molecular formula is C23H24BrN5O2S. The Morgan fingerprint density at radius 2 is 1.94 bits per heavy atom. The summed E-state index contributed by atoms with van der Waals surface area (Å²) in [6.07, 6.45) is 1.73. The highest BCUT2D eigenvalue weighted by Crippen LogP contribution is 2.22. The van der Waals surface area contributed by atoms with Gasteiger partial charge in [0, 0.05) is 22.3 Å². The topological polar surface area (TPSA) is 88.9 Å². The molecule has 3 rings (SSSR count). The highest BCUT2D eigenvalue weighted by Gasteiger charge is 2.16. The summed E-state index contributed by atoms with van der Waals surface area (Å²) < 4.78 is 2.80. The molecule has 7 nitrogen and oxygen atoms in total. The summed E-state index contributed by atoms with van der Waals surface area (Å²) in [7, 11) is 0. The largest absolute Gasteiger partial charge is 0.345 e. The van der Waals surface area contributed by atoms with Crippen molar-refractivity contribution >= 4 is 45.2 Å². The fraction of sp³-hybridized carbons (Fsp3) is 0.217. The van der Waals surface area contributed by atoms with Crippen molar-refractivity contribution in [1.82, 2.24) is 20.1 Å². The van der Waals surface area contributed by atoms with Crippen LogP contribution in [0.15, 0.2) is 64.7 Å². The fourth-order valence-corrected chi connectivity index (χ4v) is 4.28. The molecule has 0 fully saturated rings. The average Bonchev–Trinajstić information content (AvgIpc) is 3.15. The van der Waals surface area contributed by atoms with Crippen molar-refractivity contribution in [3.8, 4) is 0 Å². The maximum Gasteiger partial charge on any atom is 0.251 e. The zero-order valence-electron chi connectivity index (χ0n) is 17.9. The van der Waals surface area contributed by atoms with Gasteiger partial charge in [0.15, 0.2) is 11.0 Å². The van der Waals surface area contributed by atoms with Gasteiger partial charge in [-0.2, -0.15) is 0 Å². The number of nitrogens with zero attached hydrogens (tertiary/aromatic N) is 3. The van der Waals surface area contributed by atoms with Crippen LogP contribution in [0.4, 0.5) is 5.69 Å². The summed E-state index contributed by atoms with van der Waals surface area (Å²) in [6, 6.07) is 13.1. The quantitative estimate of drug-likeness (QED) is 0.324. The van der Waals surface area contributed by atoms with Crippen LogP contribution in [0.25, 0.3) is 0 Å². The molecule has 0 aliphatic carbocycles. The van der Waals surface area contributed by atoms with E-state index in [9.17, 15) is 9.59 Å². The van der Waals surface area contributed by atoms with E-state index in [4.69, 9.17) is 0 Å². The van der Waals surface area contributed by atoms with E-state index in [2.05, 4.69) is 43.3 Å². The van der Waals surface area contributed by atoms with Crippen LogP contribution in [0.5, 0.6) is 0 Å². The van der Waals surface area contributed by atoms with Crippen LogP contribution in [-0.4, -0.2) is 32.3 Å². The normalized spacial score (nSPS) is 10.6. The summed E-state index contributed by atoms with van der Waals surface area (Å²) in [5.74, 6) is 0.469. The fourth-order valence-electron chi connectivity index (χ4n) is 3.03. The van der Waals surface area contributed by atoms with E-state index in [1.54, 1.807) is 12.1 Å². The third-order valence-electron chi connectivity index (χ3n) is 4.70. The number of aryl methyl sites for hydroxylation is 2. The molecule has 0 aliphatic rings. The second-order valence-corrected chi connectivity index (χ2v) is 8.95. The van der Waals surface area contributed by atoms with E-state index in [1.165, 1.54) is 11.8 Å². The number of aromatic nitrogens is 3. The number of hydrogen-bond donors (Lipinski definition) is 2. The van der Waals surface area contributed by atoms with Crippen LogP contribution < -0.4 is 10.6 Å². The number of carbonyl (C=O) groups excluding carboxylic acids is 2. The number of rotatable bonds is 9. The molecule has 0 aliphatic heterocycles. The molecule has 166 valence electrons. The molecule has 0 saturated carbocycles. The lowest BCUT2D eigenvalue weighted by molar-refractivity contribution is -0.113. The van der Waals surface area contributed by atoms with Crippen LogP contribution >= 0.6 is 27.7 Å². The standard InChI is InChI=1S/C23H24BrN5O2S/c1-4-11-29-20(13-25-22(31)18-8-6-5-7-15(18)2)27-28-23(29)32-14-21(30)26-19-10-9-17(24)12-16(19)3/h4-10,12H,1,11,13-14H2,2-3H3,(H,25,31)(H,26,30). The van der Waals surface area contributed by atoms with E-state index in [0.29, 0.717) is 23.1 Å². The third kappa shape index (κ3) is 6.08. The van der Waals surface area contributed by atoms with Crippen molar-refractivity contribution in [3.05, 3.63) is 82.1 Å². The van der Waals surface area contributed by atoms with Gasteiger partial charge in [-0.25, -0.2) is 0 Å². The lowest BCUT2D eigenvalue weighted by Gasteiger charge is -2.10. The molecule has 0 bridgehead atoms. The summed E-state index contributed by atoms with van der Waals surface area (Å²) in [6.45, 7) is 8.31. The van der Waals surface area contributed by atoms with E-state index >= 15 is 0 Å². The third-order valence-corrected chi connectivity index (χ3v) is 6.16. The number of hydrogen-bond acceptors (Lipinski definition) is 5. The van der Waals surface area contributed by atoms with Crippen molar-refractivity contribution in [2.24, 2.45) is 0 Å². The smallest absolute Gasteiger partial charge is 0.251 e. The maximum absolute atomic E-state index is 12.5. The summed E-state index contributed by atoms with van der Waals surface area (Å²) in [5, 5.41) is 14.8. The Morgan fingerprint density at radius 3 is 2.66 bits per heavy atom. The van der Waals surface area contributed by atoms with Gasteiger partial charge in [0.2, 0.25) is 5.91 Å². The number of carbonyl (C=O) groups is 2. The van der Waals surface area contributed by atoms with Crippen LogP contribution in [0.1, 0.15) is 27.3 Å². The molecule has 3 aromatic rings. The molecule has 2 N–H and O–H groups in total. The molecule has 1 heterocycles. The molecule has 32 heavy (non-hydrogen) atoms. The number of anilines is 1. The molecule has 2 amide bonds. The van der Waals surface area contributed by atoms with Gasteiger partial charge in [-0.3, -0.25) is 9.59 Å². The minimum Gasteiger partial charge on any atom is -0.345 e. The molecule has 9 heteroatoms. The Hall–Kier alpha value is -2.91. The maximum atomic E-state index is 12.5. The van der Waals surface area contributed by atoms with Crippen molar-refractivity contribution in [2.45, 2.75) is 32.1 Å². The van der Waals surface area contributed by atoms with E-state index < -0.39 is 0 Å². The molecule has 2 aromatic carbocycles. The van der Waals surface area contributed by atoms with Gasteiger partial charge < -0.3 is 15.2 Å². The highest BCUT2D eigenvalue weighted by molar-refractivity contribution is 9.10. The average molecular weight is 514 g/mol. The Kier molecular flexibility index (Phi) is 8.24. The molecule has 0 unspecified atom stereocenters. The van der Waals surface area contributed by atoms with Crippen molar-refractivity contribution in [1.29, 1.82) is 0 Å². The summed E-state index contributed by atoms with van der Waals surface area (Å²) >= 11 is 4.70.